The van der Waals surface area contributed by atoms with Crippen LogP contribution in [0.15, 0.2) is 24.3 Å². The molecule has 3 rings (SSSR count). The van der Waals surface area contributed by atoms with Gasteiger partial charge in [0.25, 0.3) is 5.91 Å². The van der Waals surface area contributed by atoms with Crippen molar-refractivity contribution in [3.8, 4) is 0 Å². The van der Waals surface area contributed by atoms with Crippen LogP contribution in [0.25, 0.3) is 0 Å². The maximum absolute atomic E-state index is 12.0. The minimum atomic E-state index is -0.199. The quantitative estimate of drug-likeness (QED) is 0.884. The second-order valence-electron chi connectivity index (χ2n) is 6.45. The van der Waals surface area contributed by atoms with Crippen LogP contribution in [0, 0.1) is 6.92 Å². The highest BCUT2D eigenvalue weighted by Crippen LogP contribution is 2.14. The lowest BCUT2D eigenvalue weighted by molar-refractivity contribution is 0.0945. The Morgan fingerprint density at radius 1 is 1.08 bits per heavy atom. The predicted molar refractivity (Wildman–Crippen MR) is 92.5 cm³/mol. The standard InChI is InChI=1S/C18H25N5O/c1-14-17(21-22-20-14)18(24)19-12-15-6-8-16(9-7-15)13-23-10-4-2-3-5-11-23/h6-9H,2-5,10-13H2,1H3,(H,19,24)(H,20,21,22). The first-order chi connectivity index (χ1) is 11.7. The minimum absolute atomic E-state index is 0.199. The van der Waals surface area contributed by atoms with E-state index >= 15 is 0 Å². The highest BCUT2D eigenvalue weighted by molar-refractivity contribution is 5.93. The molecule has 0 spiro atoms. The van der Waals surface area contributed by atoms with Crippen LogP contribution in [0.5, 0.6) is 0 Å². The molecule has 0 radical (unpaired) electrons. The molecule has 0 unspecified atom stereocenters. The molecule has 0 atom stereocenters. The molecule has 128 valence electrons. The normalized spacial score (nSPS) is 15.9. The van der Waals surface area contributed by atoms with Gasteiger partial charge in [-0.3, -0.25) is 9.69 Å². The van der Waals surface area contributed by atoms with Crippen LogP contribution < -0.4 is 5.32 Å². The summed E-state index contributed by atoms with van der Waals surface area (Å²) in [6, 6.07) is 8.49. The lowest BCUT2D eigenvalue weighted by atomic mass is 10.1. The maximum atomic E-state index is 12.0. The van der Waals surface area contributed by atoms with E-state index in [1.165, 1.54) is 44.3 Å². The Labute approximate surface area is 142 Å². The van der Waals surface area contributed by atoms with Gasteiger partial charge in [-0.25, -0.2) is 0 Å². The highest BCUT2D eigenvalue weighted by Gasteiger charge is 2.13. The highest BCUT2D eigenvalue weighted by atomic mass is 16.2. The molecule has 24 heavy (non-hydrogen) atoms. The number of amides is 1. The van der Waals surface area contributed by atoms with Gasteiger partial charge < -0.3 is 5.32 Å². The summed E-state index contributed by atoms with van der Waals surface area (Å²) in [5.41, 5.74) is 3.39. The van der Waals surface area contributed by atoms with Gasteiger partial charge in [-0.1, -0.05) is 37.1 Å². The smallest absolute Gasteiger partial charge is 0.274 e. The fourth-order valence-electron chi connectivity index (χ4n) is 3.08. The number of nitrogens with one attached hydrogen (secondary N) is 2. The first kappa shape index (κ1) is 16.6. The number of rotatable bonds is 5. The third-order valence-corrected chi connectivity index (χ3v) is 4.52. The molecule has 1 fully saturated rings. The summed E-state index contributed by atoms with van der Waals surface area (Å²) in [6.07, 6.45) is 5.34. The number of hydrogen-bond acceptors (Lipinski definition) is 4. The molecule has 1 saturated heterocycles. The number of carbonyl (C=O) groups is 1. The van der Waals surface area contributed by atoms with Crippen LogP contribution in [0.4, 0.5) is 0 Å². The molecule has 2 aromatic rings. The van der Waals surface area contributed by atoms with E-state index in [0.29, 0.717) is 17.9 Å². The summed E-state index contributed by atoms with van der Waals surface area (Å²) in [5.74, 6) is -0.199. The molecule has 0 aliphatic carbocycles. The van der Waals surface area contributed by atoms with Crippen LogP contribution in [0.1, 0.15) is 53.0 Å². The Morgan fingerprint density at radius 2 is 1.75 bits per heavy atom. The monoisotopic (exact) mass is 327 g/mol. The average molecular weight is 327 g/mol. The average Bonchev–Trinajstić information content (AvgIpc) is 2.86. The Kier molecular flexibility index (Phi) is 5.59. The van der Waals surface area contributed by atoms with Gasteiger partial charge in [-0.15, -0.1) is 0 Å². The topological polar surface area (TPSA) is 73.9 Å². The molecular formula is C18H25N5O. The third-order valence-electron chi connectivity index (χ3n) is 4.52. The van der Waals surface area contributed by atoms with Gasteiger partial charge in [-0.05, 0) is 44.0 Å². The summed E-state index contributed by atoms with van der Waals surface area (Å²) in [5, 5.41) is 13.1. The van der Waals surface area contributed by atoms with Gasteiger partial charge in [0.05, 0.1) is 5.69 Å². The summed E-state index contributed by atoms with van der Waals surface area (Å²) in [6.45, 7) is 5.68. The Balaban J connectivity index is 1.51. The SMILES string of the molecule is Cc1n[nH]nc1C(=O)NCc1ccc(CN2CCCCCC2)cc1. The van der Waals surface area contributed by atoms with Gasteiger partial charge in [0, 0.05) is 13.1 Å². The molecule has 0 saturated carbocycles. The Bertz CT molecular complexity index is 656. The number of carbonyl (C=O) groups excluding carboxylic acids is 1. The number of nitrogens with zero attached hydrogens (tertiary/aromatic N) is 3. The van der Waals surface area contributed by atoms with Gasteiger partial charge in [-0.2, -0.15) is 15.4 Å². The van der Waals surface area contributed by atoms with Crippen LogP contribution >= 0.6 is 0 Å². The van der Waals surface area contributed by atoms with Crippen molar-refractivity contribution < 1.29 is 4.79 Å². The van der Waals surface area contributed by atoms with Gasteiger partial charge in [0.1, 0.15) is 0 Å². The van der Waals surface area contributed by atoms with E-state index in [4.69, 9.17) is 0 Å². The van der Waals surface area contributed by atoms with Gasteiger partial charge in [0.15, 0.2) is 5.69 Å². The molecule has 1 aromatic carbocycles. The molecule has 2 N–H and O–H groups in total. The Morgan fingerprint density at radius 3 is 2.38 bits per heavy atom. The maximum Gasteiger partial charge on any atom is 0.274 e. The summed E-state index contributed by atoms with van der Waals surface area (Å²) in [4.78, 5) is 14.6. The molecule has 6 heteroatoms. The molecule has 6 nitrogen and oxygen atoms in total. The van der Waals surface area contributed by atoms with E-state index in [9.17, 15) is 4.79 Å². The fourth-order valence-corrected chi connectivity index (χ4v) is 3.08. The number of benzene rings is 1. The zero-order chi connectivity index (χ0) is 16.8. The summed E-state index contributed by atoms with van der Waals surface area (Å²) < 4.78 is 0. The van der Waals surface area contributed by atoms with Crippen LogP contribution in [0.2, 0.25) is 0 Å². The molecule has 0 bridgehead atoms. The number of likely N-dealkylation sites (tertiary alicyclic amines) is 1. The number of hydrogen-bond donors (Lipinski definition) is 2. The molecule has 1 aliphatic heterocycles. The van der Waals surface area contributed by atoms with E-state index in [1.54, 1.807) is 6.92 Å². The fraction of sp³-hybridized carbons (Fsp3) is 0.500. The second kappa shape index (κ2) is 8.06. The van der Waals surface area contributed by atoms with Crippen molar-refractivity contribution in [1.29, 1.82) is 0 Å². The zero-order valence-electron chi connectivity index (χ0n) is 14.2. The van der Waals surface area contributed by atoms with Crippen molar-refractivity contribution in [2.24, 2.45) is 0 Å². The number of H-pyrrole nitrogens is 1. The lowest BCUT2D eigenvalue weighted by Crippen LogP contribution is -2.24. The van der Waals surface area contributed by atoms with Crippen LogP contribution in [0.3, 0.4) is 0 Å². The largest absolute Gasteiger partial charge is 0.347 e. The first-order valence-corrected chi connectivity index (χ1v) is 8.68. The minimum Gasteiger partial charge on any atom is -0.347 e. The molecule has 1 aromatic heterocycles. The predicted octanol–water partition coefficient (Wildman–Crippen LogP) is 2.42. The number of aromatic nitrogens is 3. The van der Waals surface area contributed by atoms with Crippen molar-refractivity contribution in [1.82, 2.24) is 25.6 Å². The van der Waals surface area contributed by atoms with Crippen molar-refractivity contribution >= 4 is 5.91 Å². The molecule has 1 amide bonds. The van der Waals surface area contributed by atoms with Crippen LogP contribution in [-0.2, 0) is 13.1 Å². The van der Waals surface area contributed by atoms with E-state index in [1.807, 2.05) is 0 Å². The van der Waals surface area contributed by atoms with E-state index in [2.05, 4.69) is 49.9 Å². The molecule has 1 aliphatic rings. The van der Waals surface area contributed by atoms with E-state index in [-0.39, 0.29) is 5.91 Å². The van der Waals surface area contributed by atoms with E-state index < -0.39 is 0 Å². The summed E-state index contributed by atoms with van der Waals surface area (Å²) >= 11 is 0. The van der Waals surface area contributed by atoms with Crippen molar-refractivity contribution in [3.05, 3.63) is 46.8 Å². The Hall–Kier alpha value is -2.21. The van der Waals surface area contributed by atoms with Crippen molar-refractivity contribution in [2.75, 3.05) is 13.1 Å². The lowest BCUT2D eigenvalue weighted by Gasteiger charge is -2.19. The molecular weight excluding hydrogens is 302 g/mol. The zero-order valence-corrected chi connectivity index (χ0v) is 14.2. The second-order valence-corrected chi connectivity index (χ2v) is 6.45. The third kappa shape index (κ3) is 4.41. The van der Waals surface area contributed by atoms with Crippen LogP contribution in [-0.4, -0.2) is 39.3 Å². The van der Waals surface area contributed by atoms with E-state index in [0.717, 1.165) is 12.1 Å². The first-order valence-electron chi connectivity index (χ1n) is 8.68. The van der Waals surface area contributed by atoms with Gasteiger partial charge in [0.2, 0.25) is 0 Å². The van der Waals surface area contributed by atoms with Gasteiger partial charge >= 0.3 is 0 Å². The van der Waals surface area contributed by atoms with Crippen molar-refractivity contribution in [2.45, 2.75) is 45.7 Å². The van der Waals surface area contributed by atoms with Crippen molar-refractivity contribution in [3.63, 3.8) is 0 Å². The number of aryl methyl sites for hydroxylation is 1. The molecule has 2 heterocycles. The number of aromatic amines is 1. The summed E-state index contributed by atoms with van der Waals surface area (Å²) in [7, 11) is 0.